The number of aromatic amines is 1. The van der Waals surface area contributed by atoms with Crippen molar-refractivity contribution in [1.29, 1.82) is 0 Å². The standard InChI is InChI=1S/C23H29N3O3S2/c1-3-26(2)13-19-9-18(14-30-19)16-8-17(11-22(24)27)23-20(10-16)21(12-25-23)15-4-6-31(28,29)7-5-15/h8-10,12,14-15,25H,3-7,11,13H2,1-2H3,(H2,24,27). The largest absolute Gasteiger partial charge is 0.369 e. The van der Waals surface area contributed by atoms with E-state index in [1.54, 1.807) is 11.3 Å². The third-order valence-electron chi connectivity index (χ3n) is 6.21. The minimum absolute atomic E-state index is 0.166. The number of fused-ring (bicyclic) bond motifs is 1. The molecule has 1 amide bonds. The Morgan fingerprint density at radius 1 is 1.23 bits per heavy atom. The minimum atomic E-state index is -2.92. The number of rotatable bonds is 7. The van der Waals surface area contributed by atoms with Crippen LogP contribution in [0.3, 0.4) is 0 Å². The summed E-state index contributed by atoms with van der Waals surface area (Å²) in [5, 5.41) is 3.23. The van der Waals surface area contributed by atoms with Crippen LogP contribution in [-0.2, 0) is 27.6 Å². The molecule has 0 radical (unpaired) electrons. The van der Waals surface area contributed by atoms with Gasteiger partial charge in [-0.3, -0.25) is 4.79 Å². The molecular weight excluding hydrogens is 430 g/mol. The fourth-order valence-electron chi connectivity index (χ4n) is 4.35. The van der Waals surface area contributed by atoms with Gasteiger partial charge >= 0.3 is 0 Å². The SMILES string of the molecule is CCN(C)Cc1cc(-c2cc(CC(N)=O)c3[nH]cc(C4CCS(=O)(=O)CC4)c3c2)cs1. The lowest BCUT2D eigenvalue weighted by molar-refractivity contribution is -0.117. The normalized spacial score (nSPS) is 16.9. The van der Waals surface area contributed by atoms with Crippen molar-refractivity contribution in [2.45, 2.75) is 38.6 Å². The number of thiophene rings is 1. The Bertz CT molecular complexity index is 1200. The number of hydrogen-bond donors (Lipinski definition) is 2. The lowest BCUT2D eigenvalue weighted by atomic mass is 9.91. The number of nitrogens with one attached hydrogen (secondary N) is 1. The number of benzene rings is 1. The highest BCUT2D eigenvalue weighted by Crippen LogP contribution is 2.38. The third kappa shape index (κ3) is 4.86. The zero-order valence-electron chi connectivity index (χ0n) is 18.0. The summed E-state index contributed by atoms with van der Waals surface area (Å²) >= 11 is 1.74. The number of sulfone groups is 1. The first-order valence-corrected chi connectivity index (χ1v) is 13.3. The van der Waals surface area contributed by atoms with Crippen molar-refractivity contribution in [2.75, 3.05) is 25.1 Å². The molecule has 166 valence electrons. The maximum Gasteiger partial charge on any atom is 0.221 e. The molecule has 3 heterocycles. The fraction of sp³-hybridized carbons (Fsp3) is 0.435. The number of hydrogen-bond acceptors (Lipinski definition) is 5. The Balaban J connectivity index is 1.75. The van der Waals surface area contributed by atoms with Crippen LogP contribution in [0.1, 0.15) is 41.7 Å². The van der Waals surface area contributed by atoms with Gasteiger partial charge in [-0.1, -0.05) is 6.92 Å². The van der Waals surface area contributed by atoms with Gasteiger partial charge in [0.05, 0.1) is 17.9 Å². The number of nitrogens with zero attached hydrogens (tertiary/aromatic N) is 1. The maximum absolute atomic E-state index is 11.9. The molecule has 3 N–H and O–H groups in total. The summed E-state index contributed by atoms with van der Waals surface area (Å²) in [4.78, 5) is 18.6. The van der Waals surface area contributed by atoms with E-state index in [1.165, 1.54) is 4.88 Å². The van der Waals surface area contributed by atoms with Gasteiger partial charge in [-0.25, -0.2) is 8.42 Å². The quantitative estimate of drug-likeness (QED) is 0.563. The average molecular weight is 460 g/mol. The lowest BCUT2D eigenvalue weighted by Crippen LogP contribution is -2.22. The molecule has 0 unspecified atom stereocenters. The summed E-state index contributed by atoms with van der Waals surface area (Å²) in [5.41, 5.74) is 10.7. The molecule has 4 rings (SSSR count). The molecule has 0 spiro atoms. The van der Waals surface area contributed by atoms with Gasteiger partial charge in [0.15, 0.2) is 0 Å². The predicted molar refractivity (Wildman–Crippen MR) is 127 cm³/mol. The van der Waals surface area contributed by atoms with Crippen LogP contribution in [0.15, 0.2) is 29.8 Å². The Hall–Kier alpha value is -2.16. The van der Waals surface area contributed by atoms with Gasteiger partial charge in [-0.15, -0.1) is 11.3 Å². The van der Waals surface area contributed by atoms with Crippen LogP contribution < -0.4 is 5.73 Å². The molecule has 31 heavy (non-hydrogen) atoms. The van der Waals surface area contributed by atoms with E-state index in [9.17, 15) is 13.2 Å². The van der Waals surface area contributed by atoms with E-state index >= 15 is 0 Å². The Labute approximate surface area is 187 Å². The molecule has 1 saturated heterocycles. The number of nitrogens with two attached hydrogens (primary N) is 1. The second kappa shape index (κ2) is 8.76. The second-order valence-electron chi connectivity index (χ2n) is 8.50. The van der Waals surface area contributed by atoms with Gasteiger partial charge in [0.2, 0.25) is 5.91 Å². The third-order valence-corrected chi connectivity index (χ3v) is 8.85. The van der Waals surface area contributed by atoms with E-state index in [-0.39, 0.29) is 29.8 Å². The van der Waals surface area contributed by atoms with Crippen molar-refractivity contribution in [3.05, 3.63) is 45.8 Å². The molecule has 8 heteroatoms. The first kappa shape index (κ1) is 22.0. The molecule has 1 aliphatic heterocycles. The van der Waals surface area contributed by atoms with Crippen molar-refractivity contribution in [3.8, 4) is 11.1 Å². The highest BCUT2D eigenvalue weighted by atomic mass is 32.2. The molecule has 0 aliphatic carbocycles. The van der Waals surface area contributed by atoms with Crippen LogP contribution in [0.4, 0.5) is 0 Å². The maximum atomic E-state index is 11.9. The highest BCUT2D eigenvalue weighted by molar-refractivity contribution is 7.91. The van der Waals surface area contributed by atoms with Crippen molar-refractivity contribution in [1.82, 2.24) is 9.88 Å². The number of carbonyl (C=O) groups is 1. The number of aromatic nitrogens is 1. The van der Waals surface area contributed by atoms with Crippen molar-refractivity contribution in [2.24, 2.45) is 5.73 Å². The monoisotopic (exact) mass is 459 g/mol. The molecule has 0 bridgehead atoms. The molecule has 6 nitrogen and oxygen atoms in total. The Kier molecular flexibility index (Phi) is 6.23. The zero-order valence-corrected chi connectivity index (χ0v) is 19.6. The van der Waals surface area contributed by atoms with Crippen LogP contribution in [-0.4, -0.2) is 49.3 Å². The van der Waals surface area contributed by atoms with Crippen LogP contribution in [0.2, 0.25) is 0 Å². The van der Waals surface area contributed by atoms with Crippen LogP contribution in [0, 0.1) is 0 Å². The first-order chi connectivity index (χ1) is 14.8. The molecule has 0 atom stereocenters. The van der Waals surface area contributed by atoms with Gasteiger partial charge in [-0.05, 0) is 78.2 Å². The van der Waals surface area contributed by atoms with Gasteiger partial charge in [-0.2, -0.15) is 0 Å². The van der Waals surface area contributed by atoms with E-state index in [0.29, 0.717) is 12.8 Å². The smallest absolute Gasteiger partial charge is 0.221 e. The van der Waals surface area contributed by atoms with E-state index in [4.69, 9.17) is 5.73 Å². The second-order valence-corrected chi connectivity index (χ2v) is 11.8. The number of carbonyl (C=O) groups excluding carboxylic acids is 1. The van der Waals surface area contributed by atoms with Crippen molar-refractivity contribution in [3.63, 3.8) is 0 Å². The summed E-state index contributed by atoms with van der Waals surface area (Å²) in [6, 6.07) is 6.43. The molecular formula is C23H29N3O3S2. The van der Waals surface area contributed by atoms with Crippen LogP contribution in [0.5, 0.6) is 0 Å². The number of amides is 1. The topological polar surface area (TPSA) is 96.3 Å². The zero-order chi connectivity index (χ0) is 22.2. The number of primary amides is 1. The average Bonchev–Trinajstić information content (AvgIpc) is 3.35. The molecule has 3 aromatic rings. The van der Waals surface area contributed by atoms with Crippen molar-refractivity contribution < 1.29 is 13.2 Å². The summed E-state index contributed by atoms with van der Waals surface area (Å²) in [6.07, 6.45) is 3.42. The first-order valence-electron chi connectivity index (χ1n) is 10.6. The predicted octanol–water partition coefficient (Wildman–Crippen LogP) is 3.67. The Morgan fingerprint density at radius 2 is 1.97 bits per heavy atom. The fourth-order valence-corrected chi connectivity index (χ4v) is 6.82. The van der Waals surface area contributed by atoms with Gasteiger partial charge in [0, 0.05) is 28.5 Å². The minimum Gasteiger partial charge on any atom is -0.369 e. The summed E-state index contributed by atoms with van der Waals surface area (Å²) in [5.74, 6) is 0.299. The van der Waals surface area contributed by atoms with Crippen LogP contribution >= 0.6 is 11.3 Å². The molecule has 1 aromatic carbocycles. The van der Waals surface area contributed by atoms with Crippen LogP contribution in [0.25, 0.3) is 22.0 Å². The summed E-state index contributed by atoms with van der Waals surface area (Å²) in [7, 11) is -0.815. The van der Waals surface area contributed by atoms with E-state index in [1.807, 2.05) is 12.3 Å². The molecule has 2 aromatic heterocycles. The molecule has 1 fully saturated rings. The van der Waals surface area contributed by atoms with Gasteiger partial charge in [0.1, 0.15) is 9.84 Å². The Morgan fingerprint density at radius 3 is 2.65 bits per heavy atom. The lowest BCUT2D eigenvalue weighted by Gasteiger charge is -2.21. The molecule has 1 aliphatic rings. The van der Waals surface area contributed by atoms with E-state index in [2.05, 4.69) is 41.4 Å². The van der Waals surface area contributed by atoms with Crippen molar-refractivity contribution >= 4 is 38.0 Å². The summed E-state index contributed by atoms with van der Waals surface area (Å²) in [6.45, 7) is 4.04. The molecule has 0 saturated carbocycles. The van der Waals surface area contributed by atoms with E-state index < -0.39 is 9.84 Å². The van der Waals surface area contributed by atoms with E-state index in [0.717, 1.165) is 46.2 Å². The number of H-pyrrole nitrogens is 1. The summed E-state index contributed by atoms with van der Waals surface area (Å²) < 4.78 is 23.8. The van der Waals surface area contributed by atoms with Gasteiger partial charge in [0.25, 0.3) is 0 Å². The van der Waals surface area contributed by atoms with Gasteiger partial charge < -0.3 is 15.6 Å². The highest BCUT2D eigenvalue weighted by Gasteiger charge is 2.27.